The van der Waals surface area contributed by atoms with Gasteiger partial charge >= 0.3 is 5.97 Å². The van der Waals surface area contributed by atoms with Crippen LogP contribution in [0.15, 0.2) is 77.5 Å². The van der Waals surface area contributed by atoms with E-state index in [1.165, 1.54) is 18.4 Å². The molecule has 2 fully saturated rings. The van der Waals surface area contributed by atoms with E-state index in [-0.39, 0.29) is 5.92 Å². The van der Waals surface area contributed by atoms with Gasteiger partial charge in [0.05, 0.1) is 11.5 Å². The molecule has 0 saturated carbocycles. The number of hydrogen-bond acceptors (Lipinski definition) is 9. The lowest BCUT2D eigenvalue weighted by Crippen LogP contribution is -2.22. The number of nitriles is 1. The molecule has 0 aliphatic carbocycles. The molecule has 10 nitrogen and oxygen atoms in total. The highest BCUT2D eigenvalue weighted by Crippen LogP contribution is 2.38. The first-order valence-electron chi connectivity index (χ1n) is 17.6. The number of pyridine rings is 2. The topological polar surface area (TPSA) is 131 Å². The third-order valence-electron chi connectivity index (χ3n) is 10.4. The third kappa shape index (κ3) is 6.42. The van der Waals surface area contributed by atoms with Gasteiger partial charge in [0, 0.05) is 48.7 Å². The minimum absolute atomic E-state index is 0.358. The van der Waals surface area contributed by atoms with E-state index in [4.69, 9.17) is 14.4 Å². The molecule has 8 rings (SSSR count). The molecule has 2 aliphatic rings. The Hall–Kier alpha value is -5.63. The molecule has 0 spiro atoms. The number of benzene rings is 3. The Kier molecular flexibility index (Phi) is 8.68. The van der Waals surface area contributed by atoms with Crippen molar-refractivity contribution in [2.24, 2.45) is 5.92 Å². The summed E-state index contributed by atoms with van der Waals surface area (Å²) in [5.74, 6) is 0.0509. The monoisotopic (exact) mass is 677 g/mol. The quantitative estimate of drug-likeness (QED) is 0.156. The van der Waals surface area contributed by atoms with Crippen molar-refractivity contribution >= 4 is 39.5 Å². The molecule has 0 radical (unpaired) electrons. The number of nitrogens with zero attached hydrogens (tertiary/aromatic N) is 6. The summed E-state index contributed by atoms with van der Waals surface area (Å²) in [6.07, 6.45) is 6.97. The molecule has 5 heterocycles. The van der Waals surface area contributed by atoms with Crippen molar-refractivity contribution in [3.05, 3.63) is 101 Å². The van der Waals surface area contributed by atoms with Crippen molar-refractivity contribution in [3.63, 3.8) is 0 Å². The Morgan fingerprint density at radius 2 is 1.71 bits per heavy atom. The highest BCUT2D eigenvalue weighted by molar-refractivity contribution is 5.91. The van der Waals surface area contributed by atoms with Crippen LogP contribution < -0.4 is 5.32 Å². The number of anilines is 2. The number of aliphatic carboxylic acids is 1. The first-order valence-corrected chi connectivity index (χ1v) is 17.6. The Labute approximate surface area is 296 Å². The van der Waals surface area contributed by atoms with Gasteiger partial charge in [-0.3, -0.25) is 19.6 Å². The van der Waals surface area contributed by atoms with Crippen molar-refractivity contribution in [1.82, 2.24) is 24.8 Å². The van der Waals surface area contributed by atoms with Crippen LogP contribution >= 0.6 is 0 Å². The molecule has 1 atom stereocenters. The van der Waals surface area contributed by atoms with Gasteiger partial charge in [0.1, 0.15) is 17.1 Å². The van der Waals surface area contributed by atoms with Gasteiger partial charge in [-0.1, -0.05) is 24.3 Å². The molecule has 3 aromatic heterocycles. The summed E-state index contributed by atoms with van der Waals surface area (Å²) in [5, 5.41) is 24.1. The zero-order valence-electron chi connectivity index (χ0n) is 28.8. The van der Waals surface area contributed by atoms with Gasteiger partial charge in [-0.25, -0.2) is 9.97 Å². The molecule has 2 saturated heterocycles. The van der Waals surface area contributed by atoms with Crippen molar-refractivity contribution in [3.8, 4) is 28.7 Å². The minimum Gasteiger partial charge on any atom is -0.481 e. The number of nitrogens with one attached hydrogen (secondary N) is 1. The van der Waals surface area contributed by atoms with Crippen LogP contribution in [0.5, 0.6) is 0 Å². The predicted octanol–water partition coefficient (Wildman–Crippen LogP) is 7.84. The predicted molar refractivity (Wildman–Crippen MR) is 197 cm³/mol. The zero-order chi connectivity index (χ0) is 35.1. The average molecular weight is 678 g/mol. The van der Waals surface area contributed by atoms with Crippen LogP contribution in [-0.2, 0) is 17.9 Å². The molecule has 0 amide bonds. The van der Waals surface area contributed by atoms with Crippen LogP contribution in [0.25, 0.3) is 44.6 Å². The Morgan fingerprint density at radius 1 is 0.941 bits per heavy atom. The minimum atomic E-state index is -0.761. The number of likely N-dealkylation sites (tertiary alicyclic amines) is 2. The maximum atomic E-state index is 11.5. The van der Waals surface area contributed by atoms with Crippen LogP contribution in [0.2, 0.25) is 0 Å². The van der Waals surface area contributed by atoms with E-state index >= 15 is 0 Å². The molecule has 10 heteroatoms. The smallest absolute Gasteiger partial charge is 0.307 e. The van der Waals surface area contributed by atoms with Crippen molar-refractivity contribution in [2.75, 3.05) is 31.5 Å². The van der Waals surface area contributed by atoms with Gasteiger partial charge in [0.2, 0.25) is 5.89 Å². The number of fused-ring (bicyclic) bond motifs is 2. The van der Waals surface area contributed by atoms with E-state index in [1.807, 2.05) is 48.8 Å². The van der Waals surface area contributed by atoms with Gasteiger partial charge in [0.15, 0.2) is 11.4 Å². The largest absolute Gasteiger partial charge is 0.481 e. The maximum Gasteiger partial charge on any atom is 0.307 e. The second-order valence-electron chi connectivity index (χ2n) is 13.8. The third-order valence-corrected chi connectivity index (χ3v) is 10.4. The van der Waals surface area contributed by atoms with Gasteiger partial charge < -0.3 is 14.8 Å². The fourth-order valence-electron chi connectivity index (χ4n) is 7.65. The summed E-state index contributed by atoms with van der Waals surface area (Å²) >= 11 is 0. The number of carbonyl (C=O) groups is 1. The lowest BCUT2D eigenvalue weighted by molar-refractivity contribution is -0.141. The van der Waals surface area contributed by atoms with E-state index in [9.17, 15) is 15.2 Å². The fraction of sp³-hybridized carbons (Fsp3) is 0.293. The van der Waals surface area contributed by atoms with Crippen LogP contribution in [0, 0.1) is 31.1 Å². The van der Waals surface area contributed by atoms with Crippen LogP contribution in [0.3, 0.4) is 0 Å². The summed E-state index contributed by atoms with van der Waals surface area (Å²) in [6, 6.07) is 22.6. The van der Waals surface area contributed by atoms with Crippen molar-refractivity contribution < 1.29 is 14.3 Å². The summed E-state index contributed by atoms with van der Waals surface area (Å²) in [4.78, 5) is 30.4. The lowest BCUT2D eigenvalue weighted by Gasteiger charge is -2.17. The number of rotatable bonds is 9. The van der Waals surface area contributed by atoms with Gasteiger partial charge in [-0.15, -0.1) is 0 Å². The Balaban J connectivity index is 1.08. The van der Waals surface area contributed by atoms with Gasteiger partial charge in [-0.05, 0) is 123 Å². The SMILES string of the molecule is Cc1c(Nc2nccc3cc(CN4CCCC4)cnc23)cccc1-c1cccc(-c2nc3cc(CN4CC[C@@H](C(=O)O)C4)cc(C#N)c3o2)c1C. The number of oxazole rings is 1. The summed E-state index contributed by atoms with van der Waals surface area (Å²) in [7, 11) is 0. The Bertz CT molecular complexity index is 2340. The standard InChI is InChI=1S/C41H39N7O3/c1-25-32(7-5-9-34(25)40-46-36-19-27(17-31(20-42)38(36)51-40)22-48-16-12-30(24-48)41(49)50)33-8-6-10-35(26(33)2)45-39-37-29(11-13-43-39)18-28(21-44-37)23-47-14-3-4-15-47/h5-11,13,17-19,21,30H,3-4,12,14-16,22-24H2,1-2H3,(H,43,45)(H,49,50)/t30-/m1/s1. The van der Waals surface area contributed by atoms with E-state index in [0.29, 0.717) is 48.6 Å². The number of hydrogen-bond donors (Lipinski definition) is 2. The molecule has 3 aromatic carbocycles. The molecule has 6 aromatic rings. The Morgan fingerprint density at radius 3 is 2.49 bits per heavy atom. The second kappa shape index (κ2) is 13.6. The van der Waals surface area contributed by atoms with E-state index < -0.39 is 5.97 Å². The lowest BCUT2D eigenvalue weighted by atomic mass is 9.93. The van der Waals surface area contributed by atoms with E-state index in [1.54, 1.807) is 0 Å². The normalized spacial score (nSPS) is 16.6. The highest BCUT2D eigenvalue weighted by atomic mass is 16.4. The molecule has 2 N–H and O–H groups in total. The second-order valence-corrected chi connectivity index (χ2v) is 13.8. The first kappa shape index (κ1) is 32.6. The maximum absolute atomic E-state index is 11.5. The molecule has 2 aliphatic heterocycles. The van der Waals surface area contributed by atoms with Crippen LogP contribution in [-0.4, -0.2) is 62.0 Å². The summed E-state index contributed by atoms with van der Waals surface area (Å²) in [6.45, 7) is 9.15. The van der Waals surface area contributed by atoms with Crippen molar-refractivity contribution in [1.29, 1.82) is 5.26 Å². The molecule has 51 heavy (non-hydrogen) atoms. The van der Waals surface area contributed by atoms with Crippen LogP contribution in [0.1, 0.15) is 47.1 Å². The van der Waals surface area contributed by atoms with E-state index in [0.717, 1.165) is 75.4 Å². The zero-order valence-corrected chi connectivity index (χ0v) is 28.8. The molecular formula is C41H39N7O3. The van der Waals surface area contributed by atoms with Gasteiger partial charge in [-0.2, -0.15) is 5.26 Å². The average Bonchev–Trinajstić information content (AvgIpc) is 3.91. The number of aromatic nitrogens is 3. The molecule has 256 valence electrons. The first-order chi connectivity index (χ1) is 24.8. The molecule has 0 bridgehead atoms. The summed E-state index contributed by atoms with van der Waals surface area (Å²) < 4.78 is 6.29. The summed E-state index contributed by atoms with van der Waals surface area (Å²) in [5.41, 5.74) is 10.4. The van der Waals surface area contributed by atoms with Crippen molar-refractivity contribution in [2.45, 2.75) is 46.2 Å². The number of carboxylic acid groups (broad SMARTS) is 1. The van der Waals surface area contributed by atoms with Crippen LogP contribution in [0.4, 0.5) is 11.5 Å². The fourth-order valence-corrected chi connectivity index (χ4v) is 7.65. The molecule has 0 unspecified atom stereocenters. The number of carboxylic acids is 1. The highest BCUT2D eigenvalue weighted by Gasteiger charge is 2.28. The molecular weight excluding hydrogens is 638 g/mol. The van der Waals surface area contributed by atoms with Gasteiger partial charge in [0.25, 0.3) is 0 Å². The van der Waals surface area contributed by atoms with E-state index in [2.05, 4.69) is 64.3 Å².